The standard InChI is InChI=1S/C17H34O2.C14H12O2/c1-4-5-6-7-8-9-10-11-12-13-14-15-17(18)19-16(2)3;15-14(13-9-5-2-6-10-13)16-11-12-7-3-1-4-8-12/h16H,4-15H2,1-3H3;1-10H,11H2. The monoisotopic (exact) mass is 482 g/mol. The zero-order valence-electron chi connectivity index (χ0n) is 22.2. The predicted octanol–water partition coefficient (Wildman–Crippen LogP) is 8.68. The van der Waals surface area contributed by atoms with Crippen LogP contribution in [0.1, 0.15) is 114 Å². The Bertz CT molecular complexity index is 771. The highest BCUT2D eigenvalue weighted by atomic mass is 16.5. The zero-order valence-corrected chi connectivity index (χ0v) is 22.2. The molecule has 0 atom stereocenters. The van der Waals surface area contributed by atoms with Gasteiger partial charge in [-0.25, -0.2) is 4.79 Å². The van der Waals surface area contributed by atoms with Gasteiger partial charge in [-0.2, -0.15) is 0 Å². The number of hydrogen-bond acceptors (Lipinski definition) is 4. The van der Waals surface area contributed by atoms with Gasteiger partial charge in [-0.3, -0.25) is 4.79 Å². The average Bonchev–Trinajstić information content (AvgIpc) is 2.87. The van der Waals surface area contributed by atoms with E-state index in [1.165, 1.54) is 64.2 Å². The Hall–Kier alpha value is -2.62. The van der Waals surface area contributed by atoms with Crippen LogP contribution in [-0.4, -0.2) is 18.0 Å². The van der Waals surface area contributed by atoms with Crippen LogP contribution >= 0.6 is 0 Å². The molecule has 0 aliphatic rings. The molecular weight excluding hydrogens is 436 g/mol. The van der Waals surface area contributed by atoms with Crippen LogP contribution in [-0.2, 0) is 20.9 Å². The Morgan fingerprint density at radius 1 is 0.686 bits per heavy atom. The predicted molar refractivity (Wildman–Crippen MR) is 144 cm³/mol. The molecule has 0 spiro atoms. The van der Waals surface area contributed by atoms with Gasteiger partial charge in [0.2, 0.25) is 0 Å². The van der Waals surface area contributed by atoms with Crippen LogP contribution in [0.5, 0.6) is 0 Å². The third-order valence-electron chi connectivity index (χ3n) is 5.57. The number of esters is 2. The zero-order chi connectivity index (χ0) is 25.6. The van der Waals surface area contributed by atoms with E-state index in [2.05, 4.69) is 6.92 Å². The van der Waals surface area contributed by atoms with Gasteiger partial charge in [-0.05, 0) is 38.0 Å². The van der Waals surface area contributed by atoms with E-state index in [-0.39, 0.29) is 18.0 Å². The summed E-state index contributed by atoms with van der Waals surface area (Å²) < 4.78 is 10.3. The van der Waals surface area contributed by atoms with Crippen molar-refractivity contribution in [3.63, 3.8) is 0 Å². The van der Waals surface area contributed by atoms with E-state index in [4.69, 9.17) is 9.47 Å². The van der Waals surface area contributed by atoms with Crippen molar-refractivity contribution in [1.82, 2.24) is 0 Å². The maximum atomic E-state index is 11.6. The first kappa shape index (κ1) is 30.4. The summed E-state index contributed by atoms with van der Waals surface area (Å²) in [5.74, 6) is -0.324. The van der Waals surface area contributed by atoms with Gasteiger partial charge in [0.05, 0.1) is 11.7 Å². The van der Waals surface area contributed by atoms with Gasteiger partial charge in [0.15, 0.2) is 0 Å². The summed E-state index contributed by atoms with van der Waals surface area (Å²) in [6.45, 7) is 6.38. The molecule has 0 aromatic heterocycles. The second-order valence-corrected chi connectivity index (χ2v) is 9.25. The van der Waals surface area contributed by atoms with E-state index in [1.807, 2.05) is 62.4 Å². The van der Waals surface area contributed by atoms with Crippen molar-refractivity contribution in [2.75, 3.05) is 0 Å². The lowest BCUT2D eigenvalue weighted by Crippen LogP contribution is -2.10. The highest BCUT2D eigenvalue weighted by Gasteiger charge is 2.06. The lowest BCUT2D eigenvalue weighted by molar-refractivity contribution is -0.147. The molecule has 0 radical (unpaired) electrons. The van der Waals surface area contributed by atoms with Crippen LogP contribution in [0.15, 0.2) is 60.7 Å². The molecule has 0 bridgehead atoms. The van der Waals surface area contributed by atoms with Crippen LogP contribution in [0.4, 0.5) is 0 Å². The molecule has 2 aromatic rings. The fraction of sp³-hybridized carbons (Fsp3) is 0.548. The number of rotatable bonds is 16. The minimum Gasteiger partial charge on any atom is -0.463 e. The number of ether oxygens (including phenoxy) is 2. The van der Waals surface area contributed by atoms with Crippen molar-refractivity contribution >= 4 is 11.9 Å². The van der Waals surface area contributed by atoms with Crippen LogP contribution in [0.2, 0.25) is 0 Å². The van der Waals surface area contributed by atoms with E-state index < -0.39 is 0 Å². The van der Waals surface area contributed by atoms with Gasteiger partial charge in [-0.15, -0.1) is 0 Å². The largest absolute Gasteiger partial charge is 0.463 e. The normalized spacial score (nSPS) is 10.4. The van der Waals surface area contributed by atoms with Gasteiger partial charge in [0, 0.05) is 6.42 Å². The summed E-state index contributed by atoms with van der Waals surface area (Å²) in [4.78, 5) is 22.9. The Morgan fingerprint density at radius 2 is 1.17 bits per heavy atom. The highest BCUT2D eigenvalue weighted by molar-refractivity contribution is 5.89. The third-order valence-corrected chi connectivity index (χ3v) is 5.57. The molecule has 194 valence electrons. The van der Waals surface area contributed by atoms with Gasteiger partial charge in [-0.1, -0.05) is 120 Å². The summed E-state index contributed by atoms with van der Waals surface area (Å²) in [7, 11) is 0. The molecule has 0 saturated carbocycles. The smallest absolute Gasteiger partial charge is 0.338 e. The fourth-order valence-corrected chi connectivity index (χ4v) is 3.64. The van der Waals surface area contributed by atoms with Crippen LogP contribution in [0, 0.1) is 0 Å². The van der Waals surface area contributed by atoms with Crippen LogP contribution in [0.3, 0.4) is 0 Å². The van der Waals surface area contributed by atoms with E-state index in [0.717, 1.165) is 12.0 Å². The van der Waals surface area contributed by atoms with Gasteiger partial charge in [0.1, 0.15) is 6.61 Å². The molecule has 0 aliphatic heterocycles. The van der Waals surface area contributed by atoms with Crippen molar-refractivity contribution in [3.8, 4) is 0 Å². The Labute approximate surface area is 213 Å². The van der Waals surface area contributed by atoms with Gasteiger partial charge < -0.3 is 9.47 Å². The lowest BCUT2D eigenvalue weighted by Gasteiger charge is -2.07. The Kier molecular flexibility index (Phi) is 18.0. The molecule has 4 heteroatoms. The molecule has 35 heavy (non-hydrogen) atoms. The van der Waals surface area contributed by atoms with Crippen molar-refractivity contribution in [1.29, 1.82) is 0 Å². The van der Waals surface area contributed by atoms with Crippen LogP contribution in [0.25, 0.3) is 0 Å². The van der Waals surface area contributed by atoms with Crippen molar-refractivity contribution in [2.45, 2.75) is 111 Å². The molecule has 2 rings (SSSR count). The summed E-state index contributed by atoms with van der Waals surface area (Å²) in [6.07, 6.45) is 15.1. The molecule has 0 aliphatic carbocycles. The molecule has 4 nitrogen and oxygen atoms in total. The van der Waals surface area contributed by atoms with Gasteiger partial charge >= 0.3 is 11.9 Å². The van der Waals surface area contributed by atoms with Gasteiger partial charge in [0.25, 0.3) is 0 Å². The van der Waals surface area contributed by atoms with Crippen molar-refractivity contribution in [2.24, 2.45) is 0 Å². The molecule has 0 N–H and O–H groups in total. The SMILES string of the molecule is CCCCCCCCCCCCCC(=O)OC(C)C.O=C(OCc1ccccc1)c1ccccc1. The number of carbonyl (C=O) groups is 2. The molecule has 0 unspecified atom stereocenters. The fourth-order valence-electron chi connectivity index (χ4n) is 3.64. The number of unbranched alkanes of at least 4 members (excludes halogenated alkanes) is 10. The quantitative estimate of drug-likeness (QED) is 0.177. The van der Waals surface area contributed by atoms with E-state index in [9.17, 15) is 9.59 Å². The van der Waals surface area contributed by atoms with E-state index >= 15 is 0 Å². The summed E-state index contributed by atoms with van der Waals surface area (Å²) in [5.41, 5.74) is 1.57. The van der Waals surface area contributed by atoms with Crippen molar-refractivity contribution < 1.29 is 19.1 Å². The summed E-state index contributed by atoms with van der Waals surface area (Å²) in [6, 6.07) is 18.6. The molecule has 0 fully saturated rings. The minimum absolute atomic E-state index is 0.0280. The molecular formula is C31H46O4. The third kappa shape index (κ3) is 17.5. The summed E-state index contributed by atoms with van der Waals surface area (Å²) >= 11 is 0. The highest BCUT2D eigenvalue weighted by Crippen LogP contribution is 2.12. The maximum absolute atomic E-state index is 11.6. The lowest BCUT2D eigenvalue weighted by atomic mass is 10.1. The first-order chi connectivity index (χ1) is 17.0. The minimum atomic E-state index is -0.288. The molecule has 0 amide bonds. The van der Waals surface area contributed by atoms with E-state index in [1.54, 1.807) is 12.1 Å². The molecule has 0 heterocycles. The van der Waals surface area contributed by atoms with Crippen LogP contribution < -0.4 is 0 Å². The first-order valence-corrected chi connectivity index (χ1v) is 13.5. The van der Waals surface area contributed by atoms with E-state index in [0.29, 0.717) is 18.6 Å². The second kappa shape index (κ2) is 20.7. The molecule has 2 aromatic carbocycles. The Morgan fingerprint density at radius 3 is 1.69 bits per heavy atom. The first-order valence-electron chi connectivity index (χ1n) is 13.5. The number of benzene rings is 2. The second-order valence-electron chi connectivity index (χ2n) is 9.25. The van der Waals surface area contributed by atoms with Crippen molar-refractivity contribution in [3.05, 3.63) is 71.8 Å². The summed E-state index contributed by atoms with van der Waals surface area (Å²) in [5, 5.41) is 0. The maximum Gasteiger partial charge on any atom is 0.338 e. The number of hydrogen-bond donors (Lipinski definition) is 0. The Balaban J connectivity index is 0.000000353. The topological polar surface area (TPSA) is 52.6 Å². The number of carbonyl (C=O) groups excluding carboxylic acids is 2. The molecule has 0 saturated heterocycles. The average molecular weight is 483 g/mol.